The van der Waals surface area contributed by atoms with E-state index in [1.165, 1.54) is 5.69 Å². The minimum atomic E-state index is -0.0575. The molecule has 0 aliphatic carbocycles. The Hall–Kier alpha value is -2.56. The Morgan fingerprint density at radius 3 is 2.43 bits per heavy atom. The van der Waals surface area contributed by atoms with E-state index in [-0.39, 0.29) is 5.56 Å². The quantitative estimate of drug-likeness (QED) is 0.879. The van der Waals surface area contributed by atoms with Crippen molar-refractivity contribution in [3.8, 4) is 0 Å². The summed E-state index contributed by atoms with van der Waals surface area (Å²) in [5.41, 5.74) is 2.67. The molecule has 1 aromatic heterocycles. The Kier molecular flexibility index (Phi) is 4.46. The molecular formula is C18H22N4O. The van der Waals surface area contributed by atoms with Crippen molar-refractivity contribution >= 4 is 11.6 Å². The molecule has 0 saturated carbocycles. The molecule has 0 bridgehead atoms. The summed E-state index contributed by atoms with van der Waals surface area (Å²) < 4.78 is 0. The molecule has 1 aliphatic rings. The number of benzene rings is 1. The molecule has 3 rings (SSSR count). The number of aromatic amines is 1. The van der Waals surface area contributed by atoms with Crippen LogP contribution in [0.5, 0.6) is 0 Å². The first-order valence-corrected chi connectivity index (χ1v) is 7.94. The fraction of sp³-hybridized carbons (Fsp3) is 0.333. The van der Waals surface area contributed by atoms with Gasteiger partial charge in [0.2, 0.25) is 5.95 Å². The summed E-state index contributed by atoms with van der Waals surface area (Å²) in [7, 11) is 0. The molecule has 5 nitrogen and oxygen atoms in total. The number of nitrogens with one attached hydrogen (secondary N) is 1. The molecule has 1 N–H and O–H groups in total. The summed E-state index contributed by atoms with van der Waals surface area (Å²) in [4.78, 5) is 24.2. The van der Waals surface area contributed by atoms with Gasteiger partial charge in [-0.25, -0.2) is 4.98 Å². The lowest BCUT2D eigenvalue weighted by molar-refractivity contribution is 0.637. The highest BCUT2D eigenvalue weighted by Gasteiger charge is 2.20. The topological polar surface area (TPSA) is 52.2 Å². The summed E-state index contributed by atoms with van der Waals surface area (Å²) >= 11 is 0. The molecule has 0 amide bonds. The molecule has 0 spiro atoms. The number of rotatable bonds is 4. The van der Waals surface area contributed by atoms with E-state index in [1.807, 2.05) is 13.0 Å². The van der Waals surface area contributed by atoms with Crippen molar-refractivity contribution in [3.63, 3.8) is 0 Å². The molecule has 23 heavy (non-hydrogen) atoms. The fourth-order valence-corrected chi connectivity index (χ4v) is 2.95. The van der Waals surface area contributed by atoms with Crippen molar-refractivity contribution in [2.75, 3.05) is 36.0 Å². The van der Waals surface area contributed by atoms with Crippen LogP contribution >= 0.6 is 0 Å². The smallest absolute Gasteiger partial charge is 0.256 e. The van der Waals surface area contributed by atoms with Crippen LogP contribution in [-0.2, 0) is 6.42 Å². The Morgan fingerprint density at radius 2 is 1.83 bits per heavy atom. The lowest BCUT2D eigenvalue weighted by atomic mass is 10.2. The normalized spacial score (nSPS) is 14.8. The molecule has 5 heteroatoms. The number of aryl methyl sites for hydroxylation is 1. The minimum absolute atomic E-state index is 0.0575. The van der Waals surface area contributed by atoms with E-state index in [4.69, 9.17) is 0 Å². The van der Waals surface area contributed by atoms with E-state index in [0.29, 0.717) is 17.9 Å². The zero-order valence-electron chi connectivity index (χ0n) is 13.5. The second-order valence-corrected chi connectivity index (χ2v) is 5.76. The van der Waals surface area contributed by atoms with Gasteiger partial charge >= 0.3 is 0 Å². The van der Waals surface area contributed by atoms with E-state index in [2.05, 4.69) is 50.6 Å². The first-order valence-electron chi connectivity index (χ1n) is 7.94. The number of nitrogens with zero attached hydrogens (tertiary/aromatic N) is 3. The zero-order valence-corrected chi connectivity index (χ0v) is 13.5. The molecule has 2 heterocycles. The number of H-pyrrole nitrogens is 1. The van der Waals surface area contributed by atoms with Gasteiger partial charge in [0.15, 0.2) is 0 Å². The van der Waals surface area contributed by atoms with Crippen LogP contribution in [0.15, 0.2) is 47.8 Å². The summed E-state index contributed by atoms with van der Waals surface area (Å²) in [6.45, 7) is 9.10. The van der Waals surface area contributed by atoms with Gasteiger partial charge in [0.05, 0.1) is 5.69 Å². The number of hydrogen-bond acceptors (Lipinski definition) is 4. The zero-order chi connectivity index (χ0) is 16.2. The number of hydrogen-bond donors (Lipinski definition) is 1. The van der Waals surface area contributed by atoms with Crippen molar-refractivity contribution < 1.29 is 0 Å². The monoisotopic (exact) mass is 310 g/mol. The molecule has 120 valence electrons. The molecule has 2 aromatic rings. The van der Waals surface area contributed by atoms with Gasteiger partial charge in [-0.15, -0.1) is 6.58 Å². The SMILES string of the molecule is C=CCc1c(C)nc(N2CCN(c3ccccc3)CC2)[nH]c1=O. The minimum Gasteiger partial charge on any atom is -0.368 e. The van der Waals surface area contributed by atoms with Gasteiger partial charge in [-0.2, -0.15) is 0 Å². The predicted octanol–water partition coefficient (Wildman–Crippen LogP) is 2.13. The van der Waals surface area contributed by atoms with Gasteiger partial charge in [-0.1, -0.05) is 24.3 Å². The standard InChI is InChI=1S/C18H22N4O/c1-3-7-16-14(2)19-18(20-17(16)23)22-12-10-21(11-13-22)15-8-5-4-6-9-15/h3-6,8-9H,1,7,10-13H2,2H3,(H,19,20,23). The van der Waals surface area contributed by atoms with Gasteiger partial charge in [-0.05, 0) is 25.5 Å². The fourth-order valence-electron chi connectivity index (χ4n) is 2.95. The van der Waals surface area contributed by atoms with E-state index in [9.17, 15) is 4.79 Å². The van der Waals surface area contributed by atoms with Crippen molar-refractivity contribution in [3.05, 3.63) is 64.6 Å². The highest BCUT2D eigenvalue weighted by atomic mass is 16.1. The number of piperazine rings is 1. The van der Waals surface area contributed by atoms with Crippen LogP contribution in [0.25, 0.3) is 0 Å². The summed E-state index contributed by atoms with van der Waals surface area (Å²) in [5, 5.41) is 0. The van der Waals surface area contributed by atoms with Crippen molar-refractivity contribution in [2.45, 2.75) is 13.3 Å². The van der Waals surface area contributed by atoms with Gasteiger partial charge in [-0.3, -0.25) is 9.78 Å². The highest BCUT2D eigenvalue weighted by Crippen LogP contribution is 2.18. The van der Waals surface area contributed by atoms with E-state index in [0.717, 1.165) is 31.9 Å². The lowest BCUT2D eigenvalue weighted by Gasteiger charge is -2.36. The lowest BCUT2D eigenvalue weighted by Crippen LogP contribution is -2.47. The number of para-hydroxylation sites is 1. The van der Waals surface area contributed by atoms with Gasteiger partial charge in [0.25, 0.3) is 5.56 Å². The third-order valence-corrected chi connectivity index (χ3v) is 4.26. The van der Waals surface area contributed by atoms with Gasteiger partial charge < -0.3 is 9.80 Å². The molecule has 1 fully saturated rings. The van der Waals surface area contributed by atoms with E-state index in [1.54, 1.807) is 6.08 Å². The van der Waals surface area contributed by atoms with Crippen molar-refractivity contribution in [1.82, 2.24) is 9.97 Å². The molecule has 1 aromatic carbocycles. The maximum Gasteiger partial charge on any atom is 0.256 e. The van der Waals surface area contributed by atoms with Crippen LogP contribution < -0.4 is 15.4 Å². The molecule has 0 radical (unpaired) electrons. The first kappa shape index (κ1) is 15.3. The maximum atomic E-state index is 12.2. The van der Waals surface area contributed by atoms with Gasteiger partial charge in [0, 0.05) is 37.4 Å². The van der Waals surface area contributed by atoms with Crippen LogP contribution in [0.1, 0.15) is 11.3 Å². The Morgan fingerprint density at radius 1 is 1.17 bits per heavy atom. The highest BCUT2D eigenvalue weighted by molar-refractivity contribution is 5.48. The first-order chi connectivity index (χ1) is 11.2. The molecule has 0 atom stereocenters. The average Bonchev–Trinajstić information content (AvgIpc) is 2.59. The van der Waals surface area contributed by atoms with Crippen LogP contribution in [0.4, 0.5) is 11.6 Å². The number of aromatic nitrogens is 2. The average molecular weight is 310 g/mol. The number of anilines is 2. The maximum absolute atomic E-state index is 12.2. The van der Waals surface area contributed by atoms with E-state index >= 15 is 0 Å². The Balaban J connectivity index is 1.73. The van der Waals surface area contributed by atoms with Gasteiger partial charge in [0.1, 0.15) is 0 Å². The molecule has 0 unspecified atom stereocenters. The third kappa shape index (κ3) is 3.28. The molecule has 1 aliphatic heterocycles. The van der Waals surface area contributed by atoms with Crippen molar-refractivity contribution in [1.29, 1.82) is 0 Å². The summed E-state index contributed by atoms with van der Waals surface area (Å²) in [6, 6.07) is 10.4. The van der Waals surface area contributed by atoms with Crippen LogP contribution in [0, 0.1) is 6.92 Å². The Labute approximate surface area is 136 Å². The predicted molar refractivity (Wildman–Crippen MR) is 94.4 cm³/mol. The molecular weight excluding hydrogens is 288 g/mol. The van der Waals surface area contributed by atoms with Crippen LogP contribution in [-0.4, -0.2) is 36.1 Å². The van der Waals surface area contributed by atoms with Crippen molar-refractivity contribution in [2.24, 2.45) is 0 Å². The Bertz CT molecular complexity index is 730. The second kappa shape index (κ2) is 6.69. The van der Waals surface area contributed by atoms with E-state index < -0.39 is 0 Å². The second-order valence-electron chi connectivity index (χ2n) is 5.76. The molecule has 1 saturated heterocycles. The summed E-state index contributed by atoms with van der Waals surface area (Å²) in [5.74, 6) is 0.674. The van der Waals surface area contributed by atoms with Crippen LogP contribution in [0.3, 0.4) is 0 Å². The summed E-state index contributed by atoms with van der Waals surface area (Å²) in [6.07, 6.45) is 2.29. The number of allylic oxidation sites excluding steroid dienone is 1. The largest absolute Gasteiger partial charge is 0.368 e. The third-order valence-electron chi connectivity index (χ3n) is 4.26. The van der Waals surface area contributed by atoms with Crippen LogP contribution in [0.2, 0.25) is 0 Å².